The molecule has 1 aliphatic carbocycles. The molecule has 0 aliphatic heterocycles. The summed E-state index contributed by atoms with van der Waals surface area (Å²) in [5, 5.41) is 0.196. The van der Waals surface area contributed by atoms with Crippen molar-refractivity contribution >= 4 is 17.5 Å². The fourth-order valence-electron chi connectivity index (χ4n) is 1.68. The summed E-state index contributed by atoms with van der Waals surface area (Å²) in [4.78, 5) is 14.0. The first-order valence-corrected chi connectivity index (χ1v) is 5.65. The highest BCUT2D eigenvalue weighted by atomic mass is 35.5. The summed E-state index contributed by atoms with van der Waals surface area (Å²) in [5.41, 5.74) is 0.483. The molecule has 1 fully saturated rings. The lowest BCUT2D eigenvalue weighted by Crippen LogP contribution is -2.33. The SMILES string of the molecule is CCCN(C(=O)c1ccoc1Cl)C1CC1. The van der Waals surface area contributed by atoms with E-state index in [0.717, 1.165) is 25.8 Å². The number of furan rings is 1. The largest absolute Gasteiger partial charge is 0.452 e. The Morgan fingerprint density at radius 2 is 2.40 bits per heavy atom. The van der Waals surface area contributed by atoms with E-state index in [4.69, 9.17) is 16.0 Å². The lowest BCUT2D eigenvalue weighted by Gasteiger charge is -2.20. The van der Waals surface area contributed by atoms with Gasteiger partial charge in [-0.2, -0.15) is 0 Å². The second kappa shape index (κ2) is 4.27. The zero-order chi connectivity index (χ0) is 10.8. The molecule has 15 heavy (non-hydrogen) atoms. The third-order valence-corrected chi connectivity index (χ3v) is 2.85. The number of carbonyl (C=O) groups excluding carboxylic acids is 1. The highest BCUT2D eigenvalue weighted by Gasteiger charge is 2.33. The van der Waals surface area contributed by atoms with E-state index in [-0.39, 0.29) is 11.1 Å². The fraction of sp³-hybridized carbons (Fsp3) is 0.545. The van der Waals surface area contributed by atoms with Crippen LogP contribution in [0.15, 0.2) is 16.7 Å². The van der Waals surface area contributed by atoms with Crippen molar-refractivity contribution in [3.05, 3.63) is 23.1 Å². The second-order valence-electron chi connectivity index (χ2n) is 3.84. The molecule has 1 saturated carbocycles. The van der Waals surface area contributed by atoms with Crippen LogP contribution in [-0.2, 0) is 0 Å². The van der Waals surface area contributed by atoms with E-state index in [2.05, 4.69) is 6.92 Å². The molecule has 1 amide bonds. The molecule has 0 unspecified atom stereocenters. The van der Waals surface area contributed by atoms with Gasteiger partial charge in [0.25, 0.3) is 5.91 Å². The first-order chi connectivity index (χ1) is 7.24. The molecule has 0 saturated heterocycles. The number of rotatable bonds is 4. The van der Waals surface area contributed by atoms with Gasteiger partial charge in [-0.25, -0.2) is 0 Å². The molecule has 0 N–H and O–H groups in total. The number of carbonyl (C=O) groups is 1. The summed E-state index contributed by atoms with van der Waals surface area (Å²) >= 11 is 5.79. The monoisotopic (exact) mass is 227 g/mol. The minimum atomic E-state index is -0.00176. The van der Waals surface area contributed by atoms with Gasteiger partial charge in [0.2, 0.25) is 5.22 Å². The topological polar surface area (TPSA) is 33.5 Å². The van der Waals surface area contributed by atoms with Crippen molar-refractivity contribution in [1.82, 2.24) is 4.90 Å². The van der Waals surface area contributed by atoms with Gasteiger partial charge in [-0.3, -0.25) is 4.79 Å². The molecule has 0 bridgehead atoms. The van der Waals surface area contributed by atoms with Gasteiger partial charge in [0.15, 0.2) is 0 Å². The molecule has 3 nitrogen and oxygen atoms in total. The Balaban J connectivity index is 2.14. The molecule has 1 aromatic rings. The van der Waals surface area contributed by atoms with Crippen LogP contribution >= 0.6 is 11.6 Å². The maximum atomic E-state index is 12.1. The van der Waals surface area contributed by atoms with E-state index < -0.39 is 0 Å². The number of nitrogens with zero attached hydrogens (tertiary/aromatic N) is 1. The third-order valence-electron chi connectivity index (χ3n) is 2.56. The van der Waals surface area contributed by atoms with Crippen molar-refractivity contribution in [2.45, 2.75) is 32.2 Å². The van der Waals surface area contributed by atoms with Crippen LogP contribution in [0.25, 0.3) is 0 Å². The molecular weight excluding hydrogens is 214 g/mol. The highest BCUT2D eigenvalue weighted by molar-refractivity contribution is 6.32. The summed E-state index contributed by atoms with van der Waals surface area (Å²) < 4.78 is 4.93. The molecule has 4 heteroatoms. The Morgan fingerprint density at radius 1 is 1.67 bits per heavy atom. The molecule has 0 atom stereocenters. The molecular formula is C11H14ClNO2. The summed E-state index contributed by atoms with van der Waals surface area (Å²) in [6.45, 7) is 2.87. The fourth-order valence-corrected chi connectivity index (χ4v) is 1.87. The van der Waals surface area contributed by atoms with E-state index in [1.165, 1.54) is 6.26 Å². The zero-order valence-electron chi connectivity index (χ0n) is 8.70. The van der Waals surface area contributed by atoms with Crippen molar-refractivity contribution in [3.8, 4) is 0 Å². The maximum Gasteiger partial charge on any atom is 0.258 e. The van der Waals surface area contributed by atoms with Crippen LogP contribution in [0, 0.1) is 0 Å². The molecule has 0 aromatic carbocycles. The summed E-state index contributed by atoms with van der Waals surface area (Å²) in [6.07, 6.45) is 4.65. The molecule has 2 rings (SSSR count). The van der Waals surface area contributed by atoms with Gasteiger partial charge in [-0.05, 0) is 36.9 Å². The lowest BCUT2D eigenvalue weighted by atomic mass is 10.2. The predicted octanol–water partition coefficient (Wildman–Crippen LogP) is 2.95. The standard InChI is InChI=1S/C11H14ClNO2/c1-2-6-13(8-3-4-8)11(14)9-5-7-15-10(9)12/h5,7-8H,2-4,6H2,1H3. The smallest absolute Gasteiger partial charge is 0.258 e. The number of hydrogen-bond acceptors (Lipinski definition) is 2. The molecule has 0 spiro atoms. The second-order valence-corrected chi connectivity index (χ2v) is 4.18. The molecule has 0 radical (unpaired) electrons. The van der Waals surface area contributed by atoms with Crippen molar-refractivity contribution in [3.63, 3.8) is 0 Å². The van der Waals surface area contributed by atoms with Crippen molar-refractivity contribution < 1.29 is 9.21 Å². The van der Waals surface area contributed by atoms with Crippen LogP contribution in [0.2, 0.25) is 5.22 Å². The van der Waals surface area contributed by atoms with Crippen LogP contribution in [0.3, 0.4) is 0 Å². The molecule has 82 valence electrons. The summed E-state index contributed by atoms with van der Waals surface area (Å²) in [6, 6.07) is 2.05. The van der Waals surface area contributed by atoms with Gasteiger partial charge >= 0.3 is 0 Å². The third kappa shape index (κ3) is 2.17. The normalized spacial score (nSPS) is 15.3. The Kier molecular flexibility index (Phi) is 3.00. The number of amides is 1. The van der Waals surface area contributed by atoms with Crippen molar-refractivity contribution in [1.29, 1.82) is 0 Å². The van der Waals surface area contributed by atoms with E-state index in [1.807, 2.05) is 4.90 Å². The van der Waals surface area contributed by atoms with Crippen LogP contribution in [-0.4, -0.2) is 23.4 Å². The Labute approximate surface area is 94.0 Å². The van der Waals surface area contributed by atoms with Crippen molar-refractivity contribution in [2.24, 2.45) is 0 Å². The number of hydrogen-bond donors (Lipinski definition) is 0. The summed E-state index contributed by atoms with van der Waals surface area (Å²) in [5.74, 6) is -0.00176. The van der Waals surface area contributed by atoms with Gasteiger partial charge in [-0.15, -0.1) is 0 Å². The Bertz CT molecular complexity index is 357. The van der Waals surface area contributed by atoms with E-state index >= 15 is 0 Å². The van der Waals surface area contributed by atoms with Gasteiger partial charge in [-0.1, -0.05) is 6.92 Å². The van der Waals surface area contributed by atoms with E-state index in [0.29, 0.717) is 11.6 Å². The highest BCUT2D eigenvalue weighted by Crippen LogP contribution is 2.30. The van der Waals surface area contributed by atoms with Gasteiger partial charge < -0.3 is 9.32 Å². The number of halogens is 1. The first kappa shape index (κ1) is 10.6. The van der Waals surface area contributed by atoms with Crippen LogP contribution in [0.5, 0.6) is 0 Å². The van der Waals surface area contributed by atoms with Gasteiger partial charge in [0.05, 0.1) is 11.8 Å². The van der Waals surface area contributed by atoms with Gasteiger partial charge in [0, 0.05) is 12.6 Å². The van der Waals surface area contributed by atoms with Crippen LogP contribution in [0.4, 0.5) is 0 Å². The lowest BCUT2D eigenvalue weighted by molar-refractivity contribution is 0.0742. The summed E-state index contributed by atoms with van der Waals surface area (Å²) in [7, 11) is 0. The van der Waals surface area contributed by atoms with E-state index in [1.54, 1.807) is 6.07 Å². The Hall–Kier alpha value is -0.960. The average Bonchev–Trinajstić information content (AvgIpc) is 2.97. The predicted molar refractivity (Wildman–Crippen MR) is 58.1 cm³/mol. The van der Waals surface area contributed by atoms with Gasteiger partial charge in [0.1, 0.15) is 0 Å². The maximum absolute atomic E-state index is 12.1. The molecule has 1 aromatic heterocycles. The minimum Gasteiger partial charge on any atom is -0.452 e. The molecule has 1 heterocycles. The van der Waals surface area contributed by atoms with Crippen LogP contribution < -0.4 is 0 Å². The van der Waals surface area contributed by atoms with E-state index in [9.17, 15) is 4.79 Å². The minimum absolute atomic E-state index is 0.00176. The quantitative estimate of drug-likeness (QED) is 0.793. The Morgan fingerprint density at radius 3 is 2.87 bits per heavy atom. The van der Waals surface area contributed by atoms with Crippen molar-refractivity contribution in [2.75, 3.05) is 6.54 Å². The van der Waals surface area contributed by atoms with Crippen LogP contribution in [0.1, 0.15) is 36.5 Å². The molecule has 1 aliphatic rings. The average molecular weight is 228 g/mol. The zero-order valence-corrected chi connectivity index (χ0v) is 9.46. The first-order valence-electron chi connectivity index (χ1n) is 5.28.